The number of anilines is 1. The third-order valence-corrected chi connectivity index (χ3v) is 3.58. The molecule has 5 nitrogen and oxygen atoms in total. The minimum absolute atomic E-state index is 0.345. The van der Waals surface area contributed by atoms with Gasteiger partial charge in [0.25, 0.3) is 0 Å². The van der Waals surface area contributed by atoms with Crippen molar-refractivity contribution >= 4 is 34.4 Å². The van der Waals surface area contributed by atoms with E-state index in [-0.39, 0.29) is 5.97 Å². The summed E-state index contributed by atoms with van der Waals surface area (Å²) in [7, 11) is 1.39. The van der Waals surface area contributed by atoms with E-state index in [0.717, 1.165) is 25.9 Å². The first-order valence-electron chi connectivity index (χ1n) is 6.09. The SMILES string of the molecule is COC(=O)c1cc(I)nnc1N1CCCCCC1. The molecule has 0 aliphatic carbocycles. The second kappa shape index (κ2) is 6.31. The number of rotatable bonds is 2. The van der Waals surface area contributed by atoms with Crippen LogP contribution >= 0.6 is 22.6 Å². The molecule has 1 aliphatic heterocycles. The van der Waals surface area contributed by atoms with Crippen molar-refractivity contribution in [1.29, 1.82) is 0 Å². The van der Waals surface area contributed by atoms with Gasteiger partial charge in [-0.05, 0) is 41.5 Å². The molecule has 2 rings (SSSR count). The van der Waals surface area contributed by atoms with Crippen molar-refractivity contribution in [3.05, 3.63) is 15.3 Å². The fourth-order valence-electron chi connectivity index (χ4n) is 2.14. The highest BCUT2D eigenvalue weighted by Gasteiger charge is 2.21. The van der Waals surface area contributed by atoms with Gasteiger partial charge in [-0.25, -0.2) is 4.79 Å². The van der Waals surface area contributed by atoms with E-state index in [4.69, 9.17) is 4.74 Å². The number of hydrogen-bond donors (Lipinski definition) is 0. The molecular formula is C12H16IN3O2. The molecule has 0 unspecified atom stereocenters. The summed E-state index contributed by atoms with van der Waals surface area (Å²) < 4.78 is 5.52. The topological polar surface area (TPSA) is 55.3 Å². The lowest BCUT2D eigenvalue weighted by atomic mass is 10.2. The fourth-order valence-corrected chi connectivity index (χ4v) is 2.56. The monoisotopic (exact) mass is 361 g/mol. The molecule has 18 heavy (non-hydrogen) atoms. The maximum absolute atomic E-state index is 11.8. The van der Waals surface area contributed by atoms with Crippen LogP contribution in [0, 0.1) is 3.70 Å². The van der Waals surface area contributed by atoms with Gasteiger partial charge in [-0.3, -0.25) is 0 Å². The second-order valence-electron chi connectivity index (χ2n) is 4.30. The Kier molecular flexibility index (Phi) is 4.73. The Labute approximate surface area is 120 Å². The quantitative estimate of drug-likeness (QED) is 0.598. The molecule has 0 atom stereocenters. The van der Waals surface area contributed by atoms with Crippen LogP contribution in [0.4, 0.5) is 5.82 Å². The first kappa shape index (κ1) is 13.5. The molecule has 0 radical (unpaired) electrons. The lowest BCUT2D eigenvalue weighted by Crippen LogP contribution is -2.27. The van der Waals surface area contributed by atoms with Crippen molar-refractivity contribution in [3.8, 4) is 0 Å². The summed E-state index contributed by atoms with van der Waals surface area (Å²) in [6.45, 7) is 1.86. The van der Waals surface area contributed by atoms with Gasteiger partial charge in [-0.15, -0.1) is 10.2 Å². The highest BCUT2D eigenvalue weighted by molar-refractivity contribution is 14.1. The Bertz CT molecular complexity index is 431. The van der Waals surface area contributed by atoms with Crippen LogP contribution in [-0.2, 0) is 4.74 Å². The molecule has 1 aromatic heterocycles. The predicted molar refractivity (Wildman–Crippen MR) is 76.8 cm³/mol. The lowest BCUT2D eigenvalue weighted by Gasteiger charge is -2.22. The van der Waals surface area contributed by atoms with Gasteiger partial charge in [0, 0.05) is 13.1 Å². The van der Waals surface area contributed by atoms with Crippen LogP contribution in [0.1, 0.15) is 36.0 Å². The van der Waals surface area contributed by atoms with Crippen molar-refractivity contribution in [3.63, 3.8) is 0 Å². The molecule has 1 aromatic rings. The van der Waals surface area contributed by atoms with Crippen LogP contribution in [0.25, 0.3) is 0 Å². The summed E-state index contributed by atoms with van der Waals surface area (Å²) in [6, 6.07) is 1.74. The predicted octanol–water partition coefficient (Wildman–Crippen LogP) is 2.25. The number of carbonyl (C=O) groups excluding carboxylic acids is 1. The molecule has 6 heteroatoms. The standard InChI is InChI=1S/C12H16IN3O2/c1-18-12(17)9-8-10(13)14-15-11(9)16-6-4-2-3-5-7-16/h8H,2-7H2,1H3. The Hall–Kier alpha value is -0.920. The van der Waals surface area contributed by atoms with Crippen LogP contribution in [-0.4, -0.2) is 36.4 Å². The zero-order valence-corrected chi connectivity index (χ0v) is 12.5. The van der Waals surface area contributed by atoms with E-state index in [1.807, 2.05) is 0 Å². The second-order valence-corrected chi connectivity index (χ2v) is 5.40. The summed E-state index contributed by atoms with van der Waals surface area (Å²) in [5.74, 6) is 0.311. The Morgan fingerprint density at radius 1 is 1.28 bits per heavy atom. The van der Waals surface area contributed by atoms with Crippen molar-refractivity contribution in [2.24, 2.45) is 0 Å². The highest BCUT2D eigenvalue weighted by Crippen LogP contribution is 2.22. The maximum Gasteiger partial charge on any atom is 0.341 e. The number of methoxy groups -OCH3 is 1. The van der Waals surface area contributed by atoms with Crippen molar-refractivity contribution in [2.75, 3.05) is 25.1 Å². The molecule has 2 heterocycles. The first-order valence-corrected chi connectivity index (χ1v) is 7.16. The van der Waals surface area contributed by atoms with Crippen LogP contribution in [0.3, 0.4) is 0 Å². The summed E-state index contributed by atoms with van der Waals surface area (Å²) in [4.78, 5) is 13.9. The van der Waals surface area contributed by atoms with E-state index in [9.17, 15) is 4.79 Å². The van der Waals surface area contributed by atoms with Gasteiger partial charge in [0.15, 0.2) is 5.82 Å². The average Bonchev–Trinajstić information content (AvgIpc) is 2.66. The number of aromatic nitrogens is 2. The van der Waals surface area contributed by atoms with Gasteiger partial charge < -0.3 is 9.64 Å². The summed E-state index contributed by atoms with van der Waals surface area (Å²) in [5.41, 5.74) is 0.513. The molecule has 0 bridgehead atoms. The lowest BCUT2D eigenvalue weighted by molar-refractivity contribution is 0.0600. The van der Waals surface area contributed by atoms with Crippen molar-refractivity contribution in [1.82, 2.24) is 10.2 Å². The molecule has 1 fully saturated rings. The summed E-state index contributed by atoms with van der Waals surface area (Å²) in [5, 5.41) is 8.23. The van der Waals surface area contributed by atoms with Crippen LogP contribution in [0.5, 0.6) is 0 Å². The van der Waals surface area contributed by atoms with Gasteiger partial charge in [-0.2, -0.15) is 0 Å². The molecular weight excluding hydrogens is 345 g/mol. The number of carbonyl (C=O) groups is 1. The normalized spacial score (nSPS) is 16.2. The van der Waals surface area contributed by atoms with E-state index in [1.165, 1.54) is 20.0 Å². The zero-order valence-electron chi connectivity index (χ0n) is 10.4. The number of esters is 1. The Balaban J connectivity index is 2.32. The van der Waals surface area contributed by atoms with Gasteiger partial charge in [0.2, 0.25) is 0 Å². The molecule has 0 N–H and O–H groups in total. The fraction of sp³-hybridized carbons (Fsp3) is 0.583. The first-order chi connectivity index (χ1) is 8.72. The van der Waals surface area contributed by atoms with Gasteiger partial charge in [-0.1, -0.05) is 12.8 Å². The van der Waals surface area contributed by atoms with Gasteiger partial charge >= 0.3 is 5.97 Å². The van der Waals surface area contributed by atoms with Crippen LogP contribution in [0.2, 0.25) is 0 Å². The third kappa shape index (κ3) is 3.09. The molecule has 0 saturated carbocycles. The number of ether oxygens (including phenoxy) is 1. The minimum atomic E-state index is -0.345. The van der Waals surface area contributed by atoms with Crippen LogP contribution < -0.4 is 4.90 Å². The molecule has 1 saturated heterocycles. The van der Waals surface area contributed by atoms with E-state index < -0.39 is 0 Å². The zero-order chi connectivity index (χ0) is 13.0. The molecule has 0 amide bonds. The number of halogens is 1. The summed E-state index contributed by atoms with van der Waals surface area (Å²) >= 11 is 2.05. The van der Waals surface area contributed by atoms with Crippen molar-refractivity contribution < 1.29 is 9.53 Å². The van der Waals surface area contributed by atoms with Gasteiger partial charge in [0.1, 0.15) is 9.26 Å². The van der Waals surface area contributed by atoms with Crippen LogP contribution in [0.15, 0.2) is 6.07 Å². The molecule has 1 aliphatic rings. The van der Waals surface area contributed by atoms with E-state index in [1.54, 1.807) is 6.07 Å². The number of nitrogens with zero attached hydrogens (tertiary/aromatic N) is 3. The smallest absolute Gasteiger partial charge is 0.341 e. The van der Waals surface area contributed by atoms with Gasteiger partial charge in [0.05, 0.1) is 7.11 Å². The number of hydrogen-bond acceptors (Lipinski definition) is 5. The van der Waals surface area contributed by atoms with E-state index >= 15 is 0 Å². The molecule has 0 aromatic carbocycles. The molecule has 0 spiro atoms. The third-order valence-electron chi connectivity index (χ3n) is 3.06. The van der Waals surface area contributed by atoms with Crippen molar-refractivity contribution in [2.45, 2.75) is 25.7 Å². The highest BCUT2D eigenvalue weighted by atomic mass is 127. The maximum atomic E-state index is 11.8. The summed E-state index contributed by atoms with van der Waals surface area (Å²) in [6.07, 6.45) is 4.74. The average molecular weight is 361 g/mol. The Morgan fingerprint density at radius 2 is 1.94 bits per heavy atom. The molecule has 98 valence electrons. The van der Waals surface area contributed by atoms with E-state index in [0.29, 0.717) is 15.1 Å². The van der Waals surface area contributed by atoms with E-state index in [2.05, 4.69) is 37.7 Å². The largest absolute Gasteiger partial charge is 0.465 e. The Morgan fingerprint density at radius 3 is 2.56 bits per heavy atom. The minimum Gasteiger partial charge on any atom is -0.465 e.